The Morgan fingerprint density at radius 3 is 2.71 bits per heavy atom. The molecule has 5 N–H and O–H groups in total. The fourth-order valence-corrected chi connectivity index (χ4v) is 3.76. The summed E-state index contributed by atoms with van der Waals surface area (Å²) in [5, 5.41) is 2.39. The van der Waals surface area contributed by atoms with Crippen molar-refractivity contribution in [2.24, 2.45) is 16.5 Å². The number of benzene rings is 1. The smallest absolute Gasteiger partial charge is 0.254 e. The van der Waals surface area contributed by atoms with Crippen LogP contribution in [0.15, 0.2) is 46.7 Å². The van der Waals surface area contributed by atoms with Crippen molar-refractivity contribution in [3.05, 3.63) is 52.9 Å². The number of carbonyl (C=O) groups is 2. The van der Waals surface area contributed by atoms with Crippen LogP contribution in [0.3, 0.4) is 0 Å². The zero-order valence-corrected chi connectivity index (χ0v) is 16.1. The highest BCUT2D eigenvalue weighted by Crippen LogP contribution is 2.32. The second-order valence-electron chi connectivity index (χ2n) is 7.26. The zero-order valence-electron chi connectivity index (χ0n) is 16.1. The quantitative estimate of drug-likeness (QED) is 0.304. The first kappa shape index (κ1) is 19.7. The van der Waals surface area contributed by atoms with Gasteiger partial charge in [-0.1, -0.05) is 19.3 Å². The maximum atomic E-state index is 12.8. The summed E-state index contributed by atoms with van der Waals surface area (Å²) in [6.07, 6.45) is 9.37. The summed E-state index contributed by atoms with van der Waals surface area (Å²) < 4.78 is 0. The zero-order chi connectivity index (χ0) is 20.1. The average molecular weight is 381 g/mol. The second kappa shape index (κ2) is 8.73. The summed E-state index contributed by atoms with van der Waals surface area (Å²) in [5.74, 6) is 0.417. The molecular weight excluding hydrogens is 354 g/mol. The van der Waals surface area contributed by atoms with Crippen LogP contribution in [0.2, 0.25) is 0 Å². The third-order valence-corrected chi connectivity index (χ3v) is 5.43. The molecule has 1 aromatic carbocycles. The third-order valence-electron chi connectivity index (χ3n) is 5.43. The van der Waals surface area contributed by atoms with E-state index < -0.39 is 0 Å². The van der Waals surface area contributed by atoms with Gasteiger partial charge in [0.2, 0.25) is 6.41 Å². The molecule has 2 amide bonds. The highest BCUT2D eigenvalue weighted by Gasteiger charge is 2.33. The van der Waals surface area contributed by atoms with Crippen LogP contribution in [-0.2, 0) is 11.3 Å². The van der Waals surface area contributed by atoms with Crippen LogP contribution in [0.4, 0.5) is 5.69 Å². The van der Waals surface area contributed by atoms with E-state index in [0.717, 1.165) is 24.0 Å². The molecule has 1 saturated carbocycles. The third kappa shape index (κ3) is 4.24. The van der Waals surface area contributed by atoms with E-state index in [1.165, 1.54) is 25.5 Å². The first-order chi connectivity index (χ1) is 13.5. The Morgan fingerprint density at radius 1 is 1.25 bits per heavy atom. The van der Waals surface area contributed by atoms with Gasteiger partial charge in [-0.05, 0) is 49.6 Å². The lowest BCUT2D eigenvalue weighted by atomic mass is 9.94. The van der Waals surface area contributed by atoms with Gasteiger partial charge >= 0.3 is 0 Å². The molecule has 0 atom stereocenters. The van der Waals surface area contributed by atoms with Gasteiger partial charge < -0.3 is 21.7 Å². The monoisotopic (exact) mass is 381 g/mol. The van der Waals surface area contributed by atoms with Gasteiger partial charge in [0.25, 0.3) is 5.91 Å². The van der Waals surface area contributed by atoms with Crippen LogP contribution in [0.25, 0.3) is 0 Å². The normalized spacial score (nSPS) is 19.0. The van der Waals surface area contributed by atoms with Crippen LogP contribution >= 0.6 is 0 Å². The Kier molecular flexibility index (Phi) is 6.13. The average Bonchev–Trinajstić information content (AvgIpc) is 3.04. The Bertz CT molecular complexity index is 850. The van der Waals surface area contributed by atoms with Gasteiger partial charge in [-0.3, -0.25) is 9.59 Å². The van der Waals surface area contributed by atoms with Gasteiger partial charge in [0.15, 0.2) is 0 Å². The molecule has 7 heteroatoms. The Morgan fingerprint density at radius 2 is 2.00 bits per heavy atom. The van der Waals surface area contributed by atoms with E-state index in [0.29, 0.717) is 41.8 Å². The summed E-state index contributed by atoms with van der Waals surface area (Å²) in [5.41, 5.74) is 15.5. The molecule has 1 aromatic rings. The summed E-state index contributed by atoms with van der Waals surface area (Å²) in [6, 6.07) is 5.92. The SMILES string of the molecule is C/C(C(N)=Nc1ccc2c(c1)CN(C1CCCCC1)C2=O)=C(N)\C=C/NC=O. The maximum Gasteiger partial charge on any atom is 0.254 e. The number of hydrogen-bond donors (Lipinski definition) is 3. The molecule has 0 radical (unpaired) electrons. The van der Waals surface area contributed by atoms with E-state index >= 15 is 0 Å². The van der Waals surface area contributed by atoms with Crippen molar-refractivity contribution < 1.29 is 9.59 Å². The Balaban J connectivity index is 1.78. The fraction of sp³-hybridized carbons (Fsp3) is 0.381. The van der Waals surface area contributed by atoms with Crippen LogP contribution in [0, 0.1) is 0 Å². The molecule has 28 heavy (non-hydrogen) atoms. The van der Waals surface area contributed by atoms with Crippen LogP contribution < -0.4 is 16.8 Å². The van der Waals surface area contributed by atoms with Gasteiger partial charge in [-0.25, -0.2) is 4.99 Å². The number of aliphatic imine (C=N–C) groups is 1. The first-order valence-corrected chi connectivity index (χ1v) is 9.62. The van der Waals surface area contributed by atoms with Crippen molar-refractivity contribution >= 4 is 23.8 Å². The van der Waals surface area contributed by atoms with E-state index in [9.17, 15) is 9.59 Å². The number of fused-ring (bicyclic) bond motifs is 1. The van der Waals surface area contributed by atoms with Crippen LogP contribution in [0.1, 0.15) is 54.9 Å². The molecule has 7 nitrogen and oxygen atoms in total. The molecule has 2 aliphatic rings. The minimum Gasteiger partial charge on any atom is -0.398 e. The predicted molar refractivity (Wildman–Crippen MR) is 110 cm³/mol. The standard InChI is InChI=1S/C21H27N5O2/c1-14(19(22)9-10-24-13-27)20(23)25-16-7-8-18-15(11-16)12-26(21(18)28)17-5-3-2-4-6-17/h7-11,13,17H,2-6,12,22H2,1H3,(H2,23,25)(H,24,27)/b10-9-,19-14-. The van der Waals surface area contributed by atoms with Crippen LogP contribution in [-0.4, -0.2) is 29.1 Å². The number of rotatable bonds is 6. The molecule has 1 fully saturated rings. The van der Waals surface area contributed by atoms with E-state index in [-0.39, 0.29) is 5.91 Å². The van der Waals surface area contributed by atoms with E-state index in [4.69, 9.17) is 11.5 Å². The highest BCUT2D eigenvalue weighted by atomic mass is 16.2. The van der Waals surface area contributed by atoms with E-state index in [1.807, 2.05) is 17.0 Å². The van der Waals surface area contributed by atoms with E-state index in [2.05, 4.69) is 10.3 Å². The first-order valence-electron chi connectivity index (χ1n) is 9.62. The minimum absolute atomic E-state index is 0.124. The molecule has 0 aromatic heterocycles. The van der Waals surface area contributed by atoms with Crippen molar-refractivity contribution in [1.29, 1.82) is 0 Å². The molecule has 1 aliphatic heterocycles. The van der Waals surface area contributed by atoms with Crippen molar-refractivity contribution in [2.45, 2.75) is 51.6 Å². The number of nitrogens with one attached hydrogen (secondary N) is 1. The number of carbonyl (C=O) groups excluding carboxylic acids is 2. The topological polar surface area (TPSA) is 114 Å². The van der Waals surface area contributed by atoms with Gasteiger partial charge in [0.1, 0.15) is 5.84 Å². The molecular formula is C21H27N5O2. The molecule has 0 spiro atoms. The molecule has 0 bridgehead atoms. The van der Waals surface area contributed by atoms with Gasteiger partial charge in [-0.15, -0.1) is 0 Å². The lowest BCUT2D eigenvalue weighted by Gasteiger charge is -2.30. The number of allylic oxidation sites excluding steroid dienone is 1. The second-order valence-corrected chi connectivity index (χ2v) is 7.26. The minimum atomic E-state index is 0.124. The van der Waals surface area contributed by atoms with Crippen LogP contribution in [0.5, 0.6) is 0 Å². The number of nitrogens with two attached hydrogens (primary N) is 2. The molecule has 3 rings (SSSR count). The molecule has 0 unspecified atom stereocenters. The predicted octanol–water partition coefficient (Wildman–Crippen LogP) is 2.46. The molecule has 1 heterocycles. The van der Waals surface area contributed by atoms with E-state index in [1.54, 1.807) is 19.1 Å². The fourth-order valence-electron chi connectivity index (χ4n) is 3.76. The molecule has 1 aliphatic carbocycles. The van der Waals surface area contributed by atoms with Crippen molar-refractivity contribution in [1.82, 2.24) is 10.2 Å². The largest absolute Gasteiger partial charge is 0.398 e. The van der Waals surface area contributed by atoms with Crippen molar-refractivity contribution in [3.8, 4) is 0 Å². The van der Waals surface area contributed by atoms with Gasteiger partial charge in [0, 0.05) is 35.6 Å². The Hall–Kier alpha value is -3.09. The van der Waals surface area contributed by atoms with Crippen molar-refractivity contribution in [2.75, 3.05) is 0 Å². The summed E-state index contributed by atoms with van der Waals surface area (Å²) in [4.78, 5) is 29.5. The lowest BCUT2D eigenvalue weighted by Crippen LogP contribution is -2.36. The number of nitrogens with zero attached hydrogens (tertiary/aromatic N) is 2. The number of amides is 2. The maximum absolute atomic E-state index is 12.8. The highest BCUT2D eigenvalue weighted by molar-refractivity contribution is 6.00. The molecule has 0 saturated heterocycles. The van der Waals surface area contributed by atoms with Gasteiger partial charge in [-0.2, -0.15) is 0 Å². The van der Waals surface area contributed by atoms with Crippen molar-refractivity contribution in [3.63, 3.8) is 0 Å². The summed E-state index contributed by atoms with van der Waals surface area (Å²) in [6.45, 7) is 2.40. The summed E-state index contributed by atoms with van der Waals surface area (Å²) >= 11 is 0. The van der Waals surface area contributed by atoms with Gasteiger partial charge in [0.05, 0.1) is 5.69 Å². The summed E-state index contributed by atoms with van der Waals surface area (Å²) in [7, 11) is 0. The number of hydrogen-bond acceptors (Lipinski definition) is 4. The molecule has 148 valence electrons. The lowest BCUT2D eigenvalue weighted by molar-refractivity contribution is -0.108. The Labute approximate surface area is 165 Å². The number of amidine groups is 1.